The number of hydrogen-bond donors (Lipinski definition) is 2. The van der Waals surface area contributed by atoms with Gasteiger partial charge in [0, 0.05) is 18.2 Å². The first-order chi connectivity index (χ1) is 14.6. The summed E-state index contributed by atoms with van der Waals surface area (Å²) in [6.45, 7) is -0.528. The molecule has 0 radical (unpaired) electrons. The number of aromatic nitrogens is 1. The summed E-state index contributed by atoms with van der Waals surface area (Å²) in [6, 6.07) is 6.44. The van der Waals surface area contributed by atoms with Crippen molar-refractivity contribution in [2.45, 2.75) is 31.4 Å². The number of pyridine rings is 1. The van der Waals surface area contributed by atoms with Gasteiger partial charge in [0.05, 0.1) is 29.9 Å². The third kappa shape index (κ3) is 4.91. The van der Waals surface area contributed by atoms with Crippen molar-refractivity contribution < 1.29 is 32.3 Å². The molecule has 1 aliphatic rings. The maximum Gasteiger partial charge on any atom is 0.416 e. The summed E-state index contributed by atoms with van der Waals surface area (Å²) in [6.07, 6.45) is -6.36. The Bertz CT molecular complexity index is 1030. The van der Waals surface area contributed by atoms with Gasteiger partial charge in [-0.05, 0) is 23.8 Å². The van der Waals surface area contributed by atoms with E-state index in [2.05, 4.69) is 10.3 Å². The zero-order valence-corrected chi connectivity index (χ0v) is 15.9. The predicted molar refractivity (Wildman–Crippen MR) is 99.3 cm³/mol. The van der Waals surface area contributed by atoms with Crippen LogP contribution in [0.5, 0.6) is 0 Å². The number of amides is 2. The molecule has 1 aromatic heterocycles. The molecule has 0 unspecified atom stereocenters. The summed E-state index contributed by atoms with van der Waals surface area (Å²) < 4.78 is 51.8. The Kier molecular flexibility index (Phi) is 6.10. The monoisotopic (exact) mass is 436 g/mol. The average molecular weight is 436 g/mol. The van der Waals surface area contributed by atoms with Crippen LogP contribution in [0.2, 0.25) is 0 Å². The van der Waals surface area contributed by atoms with Crippen LogP contribution in [0.4, 0.5) is 22.4 Å². The van der Waals surface area contributed by atoms with E-state index in [1.165, 1.54) is 24.4 Å². The van der Waals surface area contributed by atoms with Gasteiger partial charge in [0.1, 0.15) is 18.3 Å². The molecule has 2 atom stereocenters. The fourth-order valence-electron chi connectivity index (χ4n) is 3.30. The third-order valence-electron chi connectivity index (χ3n) is 4.85. The standard InChI is InChI=1S/C20H16F4N4O3/c21-14-5-17(28(10-14)19(30)31)18(29)27-9-15-6-16(12(7-25)8-26-15)11-1-3-13(4-2-11)20(22,23)24/h1-4,6,8,14,17H,5,9-10H2,(H,27,29)(H,30,31)/t14-,17+/m1/s1. The van der Waals surface area contributed by atoms with Gasteiger partial charge >= 0.3 is 12.3 Å². The first-order valence-corrected chi connectivity index (χ1v) is 9.08. The zero-order chi connectivity index (χ0) is 22.8. The number of alkyl halides is 4. The molecule has 0 saturated carbocycles. The van der Waals surface area contributed by atoms with E-state index in [9.17, 15) is 32.4 Å². The SMILES string of the molecule is N#Cc1cnc(CNC(=O)[C@@H]2C[C@@H](F)CN2C(=O)O)cc1-c1ccc(C(F)(F)F)cc1. The number of nitrogens with one attached hydrogen (secondary N) is 1. The number of benzene rings is 1. The largest absolute Gasteiger partial charge is 0.465 e. The lowest BCUT2D eigenvalue weighted by Crippen LogP contribution is -2.45. The van der Waals surface area contributed by atoms with Gasteiger partial charge in [-0.3, -0.25) is 14.7 Å². The average Bonchev–Trinajstić information content (AvgIpc) is 3.13. The topological polar surface area (TPSA) is 106 Å². The van der Waals surface area contributed by atoms with Gasteiger partial charge in [0.15, 0.2) is 0 Å². The van der Waals surface area contributed by atoms with Crippen LogP contribution in [0, 0.1) is 11.3 Å². The fraction of sp³-hybridized carbons (Fsp3) is 0.300. The number of carboxylic acid groups (broad SMARTS) is 1. The number of carbonyl (C=O) groups excluding carboxylic acids is 1. The normalized spacial score (nSPS) is 18.5. The zero-order valence-electron chi connectivity index (χ0n) is 15.9. The summed E-state index contributed by atoms with van der Waals surface area (Å²) >= 11 is 0. The minimum Gasteiger partial charge on any atom is -0.465 e. The molecule has 0 spiro atoms. The van der Waals surface area contributed by atoms with Crippen molar-refractivity contribution in [2.75, 3.05) is 6.54 Å². The van der Waals surface area contributed by atoms with E-state index in [1.54, 1.807) is 0 Å². The van der Waals surface area contributed by atoms with Crippen molar-refractivity contribution in [1.29, 1.82) is 5.26 Å². The molecule has 1 fully saturated rings. The number of rotatable bonds is 4. The quantitative estimate of drug-likeness (QED) is 0.715. The number of nitriles is 1. The molecule has 2 N–H and O–H groups in total. The molecule has 11 heteroatoms. The van der Waals surface area contributed by atoms with Gasteiger partial charge in [-0.1, -0.05) is 12.1 Å². The van der Waals surface area contributed by atoms with Crippen LogP contribution in [-0.2, 0) is 17.5 Å². The highest BCUT2D eigenvalue weighted by Crippen LogP contribution is 2.32. The Morgan fingerprint density at radius 3 is 2.55 bits per heavy atom. The van der Waals surface area contributed by atoms with Crippen molar-refractivity contribution in [3.05, 3.63) is 53.3 Å². The molecule has 31 heavy (non-hydrogen) atoms. The molecule has 1 saturated heterocycles. The summed E-state index contributed by atoms with van der Waals surface area (Å²) in [7, 11) is 0. The van der Waals surface area contributed by atoms with Crippen LogP contribution in [0.15, 0.2) is 36.5 Å². The van der Waals surface area contributed by atoms with Crippen molar-refractivity contribution >= 4 is 12.0 Å². The highest BCUT2D eigenvalue weighted by atomic mass is 19.4. The Hall–Kier alpha value is -3.68. The van der Waals surface area contributed by atoms with Gasteiger partial charge in [-0.15, -0.1) is 0 Å². The van der Waals surface area contributed by atoms with Gasteiger partial charge in [0.25, 0.3) is 0 Å². The lowest BCUT2D eigenvalue weighted by atomic mass is 10.00. The lowest BCUT2D eigenvalue weighted by Gasteiger charge is -2.20. The van der Waals surface area contributed by atoms with E-state index in [1.807, 2.05) is 6.07 Å². The predicted octanol–water partition coefficient (Wildman–Crippen LogP) is 3.35. The number of nitrogens with zero attached hydrogens (tertiary/aromatic N) is 3. The molecule has 0 aliphatic carbocycles. The molecule has 2 amide bonds. The Balaban J connectivity index is 1.77. The molecule has 162 valence electrons. The van der Waals surface area contributed by atoms with Crippen molar-refractivity contribution in [3.8, 4) is 17.2 Å². The van der Waals surface area contributed by atoms with E-state index in [0.717, 1.165) is 17.0 Å². The summed E-state index contributed by atoms with van der Waals surface area (Å²) in [5.74, 6) is -0.690. The molecule has 7 nitrogen and oxygen atoms in total. The second-order valence-electron chi connectivity index (χ2n) is 6.91. The molecular weight excluding hydrogens is 420 g/mol. The molecule has 3 rings (SSSR count). The summed E-state index contributed by atoms with van der Waals surface area (Å²) in [5, 5.41) is 20.9. The van der Waals surface area contributed by atoms with Crippen molar-refractivity contribution in [2.24, 2.45) is 0 Å². The van der Waals surface area contributed by atoms with Crippen LogP contribution in [-0.4, -0.2) is 45.7 Å². The van der Waals surface area contributed by atoms with Crippen molar-refractivity contribution in [1.82, 2.24) is 15.2 Å². The van der Waals surface area contributed by atoms with E-state index in [0.29, 0.717) is 16.8 Å². The maximum atomic E-state index is 13.5. The van der Waals surface area contributed by atoms with Crippen LogP contribution < -0.4 is 5.32 Å². The molecule has 0 bridgehead atoms. The molecule has 2 aromatic rings. The number of halogens is 4. The smallest absolute Gasteiger partial charge is 0.416 e. The van der Waals surface area contributed by atoms with Gasteiger partial charge in [-0.2, -0.15) is 18.4 Å². The van der Waals surface area contributed by atoms with Crippen LogP contribution in [0.3, 0.4) is 0 Å². The third-order valence-corrected chi connectivity index (χ3v) is 4.85. The fourth-order valence-corrected chi connectivity index (χ4v) is 3.30. The minimum absolute atomic E-state index is 0.128. The van der Waals surface area contributed by atoms with Gasteiger partial charge < -0.3 is 10.4 Å². The molecule has 2 heterocycles. The second kappa shape index (κ2) is 8.59. The Morgan fingerprint density at radius 1 is 1.29 bits per heavy atom. The molecule has 1 aliphatic heterocycles. The highest BCUT2D eigenvalue weighted by Gasteiger charge is 2.39. The molecular formula is C20H16F4N4O3. The maximum absolute atomic E-state index is 13.5. The van der Waals surface area contributed by atoms with Gasteiger partial charge in [0.2, 0.25) is 5.91 Å². The highest BCUT2D eigenvalue weighted by molar-refractivity contribution is 5.86. The van der Waals surface area contributed by atoms with E-state index < -0.39 is 36.0 Å². The lowest BCUT2D eigenvalue weighted by molar-refractivity contribution is -0.137. The Morgan fingerprint density at radius 2 is 1.97 bits per heavy atom. The van der Waals surface area contributed by atoms with Crippen LogP contribution in [0.25, 0.3) is 11.1 Å². The van der Waals surface area contributed by atoms with Gasteiger partial charge in [-0.25, -0.2) is 9.18 Å². The second-order valence-corrected chi connectivity index (χ2v) is 6.91. The Labute approximate surface area is 173 Å². The van der Waals surface area contributed by atoms with E-state index in [4.69, 9.17) is 5.11 Å². The molecule has 1 aromatic carbocycles. The van der Waals surface area contributed by atoms with Crippen LogP contribution >= 0.6 is 0 Å². The van der Waals surface area contributed by atoms with Crippen LogP contribution in [0.1, 0.15) is 23.2 Å². The number of carbonyl (C=O) groups is 2. The summed E-state index contributed by atoms with van der Waals surface area (Å²) in [5.41, 5.74) is 0.267. The number of likely N-dealkylation sites (tertiary alicyclic amines) is 1. The number of hydrogen-bond acceptors (Lipinski definition) is 4. The summed E-state index contributed by atoms with van der Waals surface area (Å²) in [4.78, 5) is 28.2. The first-order valence-electron chi connectivity index (χ1n) is 9.08. The minimum atomic E-state index is -4.49. The van der Waals surface area contributed by atoms with E-state index in [-0.39, 0.29) is 25.1 Å². The van der Waals surface area contributed by atoms with Crippen molar-refractivity contribution in [3.63, 3.8) is 0 Å². The van der Waals surface area contributed by atoms with E-state index >= 15 is 0 Å². The first kappa shape index (κ1) is 22.0.